The molecule has 0 spiro atoms. The Kier molecular flexibility index (Phi) is 1.65. The van der Waals surface area contributed by atoms with Gasteiger partial charge in [0.15, 0.2) is 0 Å². The molecular formula is C10H13N. The van der Waals surface area contributed by atoms with Crippen LogP contribution < -0.4 is 0 Å². The second-order valence-electron chi connectivity index (χ2n) is 3.49. The molecule has 1 nitrogen and oxygen atoms in total. The van der Waals surface area contributed by atoms with E-state index in [-0.39, 0.29) is 0 Å². The molecule has 0 aliphatic heterocycles. The second-order valence-corrected chi connectivity index (χ2v) is 3.49. The summed E-state index contributed by atoms with van der Waals surface area (Å²) in [6.45, 7) is 2.32. The van der Waals surface area contributed by atoms with Gasteiger partial charge in [0.2, 0.25) is 0 Å². The Morgan fingerprint density at radius 2 is 2.36 bits per heavy atom. The van der Waals surface area contributed by atoms with Gasteiger partial charge in [0.05, 0.1) is 0 Å². The first kappa shape index (κ1) is 6.84. The van der Waals surface area contributed by atoms with Crippen molar-refractivity contribution in [2.75, 3.05) is 0 Å². The van der Waals surface area contributed by atoms with Gasteiger partial charge < -0.3 is 0 Å². The number of nitrogens with zero attached hydrogens (tertiary/aromatic N) is 1. The average Bonchev–Trinajstić information content (AvgIpc) is 2.04. The molecular weight excluding hydrogens is 134 g/mol. The number of rotatable bonds is 0. The normalized spacial score (nSPS) is 22.8. The highest BCUT2D eigenvalue weighted by Gasteiger charge is 2.13. The molecule has 1 unspecified atom stereocenters. The highest BCUT2D eigenvalue weighted by molar-refractivity contribution is 5.25. The summed E-state index contributed by atoms with van der Waals surface area (Å²) in [5, 5.41) is 0. The third kappa shape index (κ3) is 1.28. The van der Waals surface area contributed by atoms with E-state index in [0.717, 1.165) is 5.92 Å². The molecule has 1 aliphatic carbocycles. The van der Waals surface area contributed by atoms with Gasteiger partial charge in [-0.05, 0) is 42.4 Å². The minimum absolute atomic E-state index is 0.866. The summed E-state index contributed by atoms with van der Waals surface area (Å²) >= 11 is 0. The number of hydrogen-bond donors (Lipinski definition) is 0. The summed E-state index contributed by atoms with van der Waals surface area (Å²) in [5.41, 5.74) is 2.98. The average molecular weight is 147 g/mol. The van der Waals surface area contributed by atoms with E-state index in [1.807, 2.05) is 12.4 Å². The lowest BCUT2D eigenvalue weighted by Crippen LogP contribution is -2.10. The fraction of sp³-hybridized carbons (Fsp3) is 0.500. The molecule has 0 radical (unpaired) electrons. The lowest BCUT2D eigenvalue weighted by atomic mass is 9.86. The molecule has 1 heterocycles. The van der Waals surface area contributed by atoms with Gasteiger partial charge in [0, 0.05) is 12.4 Å². The standard InChI is InChI=1S/C10H13N/c1-8-2-3-10-7-11-5-4-9(10)6-8/h4-5,7-8H,2-3,6H2,1H3. The molecule has 1 aromatic rings. The number of aromatic nitrogens is 1. The van der Waals surface area contributed by atoms with Crippen LogP contribution in [0.2, 0.25) is 0 Å². The third-order valence-electron chi connectivity index (χ3n) is 2.48. The van der Waals surface area contributed by atoms with Crippen LogP contribution in [0.25, 0.3) is 0 Å². The fourth-order valence-corrected chi connectivity index (χ4v) is 1.76. The molecule has 0 saturated heterocycles. The van der Waals surface area contributed by atoms with Crippen molar-refractivity contribution >= 4 is 0 Å². The molecule has 11 heavy (non-hydrogen) atoms. The lowest BCUT2D eigenvalue weighted by molar-refractivity contribution is 0.500. The summed E-state index contributed by atoms with van der Waals surface area (Å²) in [7, 11) is 0. The van der Waals surface area contributed by atoms with E-state index in [2.05, 4.69) is 18.0 Å². The van der Waals surface area contributed by atoms with Crippen molar-refractivity contribution in [3.63, 3.8) is 0 Å². The zero-order chi connectivity index (χ0) is 7.68. The van der Waals surface area contributed by atoms with Gasteiger partial charge in [-0.25, -0.2) is 0 Å². The SMILES string of the molecule is CC1CCc2cnccc2C1. The zero-order valence-corrected chi connectivity index (χ0v) is 6.88. The van der Waals surface area contributed by atoms with Crippen molar-refractivity contribution < 1.29 is 0 Å². The van der Waals surface area contributed by atoms with Crippen molar-refractivity contribution in [2.24, 2.45) is 5.92 Å². The Morgan fingerprint density at radius 3 is 3.27 bits per heavy atom. The maximum atomic E-state index is 4.12. The fourth-order valence-electron chi connectivity index (χ4n) is 1.76. The second kappa shape index (κ2) is 2.65. The molecule has 0 aromatic carbocycles. The Bertz CT molecular complexity index is 255. The van der Waals surface area contributed by atoms with E-state index >= 15 is 0 Å². The molecule has 0 N–H and O–H groups in total. The Hall–Kier alpha value is -0.850. The first-order valence-corrected chi connectivity index (χ1v) is 4.28. The van der Waals surface area contributed by atoms with E-state index in [1.54, 1.807) is 0 Å². The van der Waals surface area contributed by atoms with Crippen LogP contribution in [0.4, 0.5) is 0 Å². The van der Waals surface area contributed by atoms with E-state index in [0.29, 0.717) is 0 Å². The molecule has 1 heteroatoms. The minimum atomic E-state index is 0.866. The predicted molar refractivity (Wildman–Crippen MR) is 45.4 cm³/mol. The van der Waals surface area contributed by atoms with Crippen molar-refractivity contribution in [2.45, 2.75) is 26.2 Å². The first-order chi connectivity index (χ1) is 5.36. The molecule has 0 bridgehead atoms. The summed E-state index contributed by atoms with van der Waals surface area (Å²) in [4.78, 5) is 4.12. The molecule has 2 rings (SSSR count). The quantitative estimate of drug-likeness (QED) is 0.548. The zero-order valence-electron chi connectivity index (χ0n) is 6.88. The van der Waals surface area contributed by atoms with Crippen LogP contribution in [0, 0.1) is 5.92 Å². The maximum Gasteiger partial charge on any atom is 0.0302 e. The Morgan fingerprint density at radius 1 is 1.45 bits per heavy atom. The third-order valence-corrected chi connectivity index (χ3v) is 2.48. The van der Waals surface area contributed by atoms with Crippen LogP contribution in [0.3, 0.4) is 0 Å². The Balaban J connectivity index is 2.34. The van der Waals surface area contributed by atoms with Gasteiger partial charge in [-0.15, -0.1) is 0 Å². The molecule has 1 atom stereocenters. The summed E-state index contributed by atoms with van der Waals surface area (Å²) in [6.07, 6.45) is 7.72. The Labute approximate surface area is 67.5 Å². The van der Waals surface area contributed by atoms with Crippen LogP contribution in [0.5, 0.6) is 0 Å². The van der Waals surface area contributed by atoms with Crippen molar-refractivity contribution in [1.82, 2.24) is 4.98 Å². The van der Waals surface area contributed by atoms with E-state index in [1.165, 1.54) is 30.4 Å². The number of hydrogen-bond acceptors (Lipinski definition) is 1. The van der Waals surface area contributed by atoms with E-state index < -0.39 is 0 Å². The van der Waals surface area contributed by atoms with Crippen molar-refractivity contribution in [3.8, 4) is 0 Å². The number of fused-ring (bicyclic) bond motifs is 1. The molecule has 0 fully saturated rings. The molecule has 58 valence electrons. The molecule has 0 amide bonds. The van der Waals surface area contributed by atoms with Gasteiger partial charge >= 0.3 is 0 Å². The minimum Gasteiger partial charge on any atom is -0.264 e. The van der Waals surface area contributed by atoms with Crippen molar-refractivity contribution in [1.29, 1.82) is 0 Å². The van der Waals surface area contributed by atoms with Crippen LogP contribution >= 0.6 is 0 Å². The monoisotopic (exact) mass is 147 g/mol. The highest BCUT2D eigenvalue weighted by Crippen LogP contribution is 2.23. The van der Waals surface area contributed by atoms with E-state index in [9.17, 15) is 0 Å². The van der Waals surface area contributed by atoms with Gasteiger partial charge in [-0.2, -0.15) is 0 Å². The van der Waals surface area contributed by atoms with Crippen LogP contribution in [0.15, 0.2) is 18.5 Å². The van der Waals surface area contributed by atoms with Gasteiger partial charge in [-0.1, -0.05) is 6.92 Å². The topological polar surface area (TPSA) is 12.9 Å². The van der Waals surface area contributed by atoms with Gasteiger partial charge in [0.25, 0.3) is 0 Å². The van der Waals surface area contributed by atoms with Crippen LogP contribution in [0.1, 0.15) is 24.5 Å². The van der Waals surface area contributed by atoms with Crippen molar-refractivity contribution in [3.05, 3.63) is 29.6 Å². The summed E-state index contributed by atoms with van der Waals surface area (Å²) in [5.74, 6) is 0.866. The van der Waals surface area contributed by atoms with Gasteiger partial charge in [0.1, 0.15) is 0 Å². The first-order valence-electron chi connectivity index (χ1n) is 4.28. The largest absolute Gasteiger partial charge is 0.264 e. The maximum absolute atomic E-state index is 4.12. The summed E-state index contributed by atoms with van der Waals surface area (Å²) < 4.78 is 0. The summed E-state index contributed by atoms with van der Waals surface area (Å²) in [6, 6.07) is 2.16. The smallest absolute Gasteiger partial charge is 0.0302 e. The molecule has 1 aromatic heterocycles. The number of pyridine rings is 1. The van der Waals surface area contributed by atoms with Gasteiger partial charge in [-0.3, -0.25) is 4.98 Å². The predicted octanol–water partition coefficient (Wildman–Crippen LogP) is 2.21. The number of aryl methyl sites for hydroxylation is 1. The van der Waals surface area contributed by atoms with Crippen LogP contribution in [-0.4, -0.2) is 4.98 Å². The molecule has 1 aliphatic rings. The van der Waals surface area contributed by atoms with Crippen LogP contribution in [-0.2, 0) is 12.8 Å². The highest BCUT2D eigenvalue weighted by atomic mass is 14.6. The lowest BCUT2D eigenvalue weighted by Gasteiger charge is -2.20. The van der Waals surface area contributed by atoms with E-state index in [4.69, 9.17) is 0 Å². The molecule has 0 saturated carbocycles.